The van der Waals surface area contributed by atoms with E-state index < -0.39 is 0 Å². The van der Waals surface area contributed by atoms with Gasteiger partial charge in [0.05, 0.1) is 0 Å². The third-order valence-corrected chi connectivity index (χ3v) is 9.22. The predicted octanol–water partition coefficient (Wildman–Crippen LogP) is 13.6. The molecule has 0 rings (SSSR count). The number of nitrogens with zero attached hydrogens (tertiary/aromatic N) is 2. The molecule has 0 aliphatic carbocycles. The van der Waals surface area contributed by atoms with E-state index in [2.05, 4.69) is 93.4 Å². The van der Waals surface area contributed by atoms with Gasteiger partial charge < -0.3 is 9.80 Å². The van der Waals surface area contributed by atoms with Crippen LogP contribution in [0.1, 0.15) is 187 Å². The zero-order valence-electron chi connectivity index (χ0n) is 31.6. The molecular weight excluding hydrogens is 544 g/mol. The van der Waals surface area contributed by atoms with Crippen LogP contribution in [-0.4, -0.2) is 50.1 Å². The standard InChI is InChI=1S/C43H82N2/c1-6-8-10-12-14-16-18-20-22-24-26-28-30-32-34-36-39-43(45(5)42-38-41-44(3)4)40-37-35-33-31-29-27-25-23-21-19-17-15-13-11-9-7-2/h14-17,20-23,43H,6-13,18-19,24-42H2,1-5H3. The molecule has 0 atom stereocenters. The Labute approximate surface area is 285 Å². The van der Waals surface area contributed by atoms with Gasteiger partial charge in [-0.25, -0.2) is 0 Å². The van der Waals surface area contributed by atoms with Gasteiger partial charge in [-0.3, -0.25) is 0 Å². The molecule has 0 radical (unpaired) electrons. The Morgan fingerprint density at radius 1 is 0.378 bits per heavy atom. The van der Waals surface area contributed by atoms with Crippen molar-refractivity contribution in [2.75, 3.05) is 34.2 Å². The van der Waals surface area contributed by atoms with Gasteiger partial charge in [-0.15, -0.1) is 0 Å². The Morgan fingerprint density at radius 2 is 0.733 bits per heavy atom. The first kappa shape index (κ1) is 43.9. The summed E-state index contributed by atoms with van der Waals surface area (Å²) in [5.41, 5.74) is 0. The van der Waals surface area contributed by atoms with Crippen molar-refractivity contribution >= 4 is 0 Å². The lowest BCUT2D eigenvalue weighted by atomic mass is 9.98. The number of hydrogen-bond acceptors (Lipinski definition) is 2. The summed E-state index contributed by atoms with van der Waals surface area (Å²) in [6, 6.07) is 0.781. The second-order valence-electron chi connectivity index (χ2n) is 14.0. The van der Waals surface area contributed by atoms with E-state index >= 15 is 0 Å². The van der Waals surface area contributed by atoms with Crippen molar-refractivity contribution in [2.24, 2.45) is 0 Å². The van der Waals surface area contributed by atoms with E-state index in [1.807, 2.05) is 0 Å². The van der Waals surface area contributed by atoms with Gasteiger partial charge in [0.1, 0.15) is 0 Å². The zero-order chi connectivity index (χ0) is 32.9. The van der Waals surface area contributed by atoms with Gasteiger partial charge in [-0.05, 0) is 118 Å². The quantitative estimate of drug-likeness (QED) is 0.0510. The zero-order valence-corrected chi connectivity index (χ0v) is 31.6. The highest BCUT2D eigenvalue weighted by Crippen LogP contribution is 2.19. The molecule has 0 saturated carbocycles. The first-order valence-corrected chi connectivity index (χ1v) is 20.1. The highest BCUT2D eigenvalue weighted by atomic mass is 15.1. The number of hydrogen-bond donors (Lipinski definition) is 0. The molecule has 0 amide bonds. The fourth-order valence-corrected chi connectivity index (χ4v) is 6.14. The smallest absolute Gasteiger partial charge is 0.00922 e. The molecule has 0 heterocycles. The van der Waals surface area contributed by atoms with E-state index in [1.54, 1.807) is 0 Å². The summed E-state index contributed by atoms with van der Waals surface area (Å²) in [6.45, 7) is 6.99. The summed E-state index contributed by atoms with van der Waals surface area (Å²) < 4.78 is 0. The predicted molar refractivity (Wildman–Crippen MR) is 208 cm³/mol. The third kappa shape index (κ3) is 35.6. The summed E-state index contributed by atoms with van der Waals surface area (Å²) in [5.74, 6) is 0. The van der Waals surface area contributed by atoms with E-state index in [0.717, 1.165) is 18.9 Å². The van der Waals surface area contributed by atoms with Crippen LogP contribution in [0.3, 0.4) is 0 Å². The maximum Gasteiger partial charge on any atom is 0.00922 e. The molecule has 2 heteroatoms. The topological polar surface area (TPSA) is 6.48 Å². The number of allylic oxidation sites excluding steroid dienone is 8. The van der Waals surface area contributed by atoms with Crippen molar-refractivity contribution in [3.63, 3.8) is 0 Å². The van der Waals surface area contributed by atoms with Crippen molar-refractivity contribution < 1.29 is 0 Å². The molecule has 0 saturated heterocycles. The molecule has 0 aromatic carbocycles. The van der Waals surface area contributed by atoms with E-state index in [-0.39, 0.29) is 0 Å². The van der Waals surface area contributed by atoms with Crippen LogP contribution < -0.4 is 0 Å². The molecule has 0 fully saturated rings. The minimum absolute atomic E-state index is 0.781. The van der Waals surface area contributed by atoms with Crippen molar-refractivity contribution in [2.45, 2.75) is 193 Å². The monoisotopic (exact) mass is 627 g/mol. The van der Waals surface area contributed by atoms with Crippen LogP contribution in [0.4, 0.5) is 0 Å². The molecule has 45 heavy (non-hydrogen) atoms. The van der Waals surface area contributed by atoms with Gasteiger partial charge in [0.25, 0.3) is 0 Å². The fourth-order valence-electron chi connectivity index (χ4n) is 6.14. The minimum atomic E-state index is 0.781. The minimum Gasteiger partial charge on any atom is -0.309 e. The Balaban J connectivity index is 3.97. The first-order valence-electron chi connectivity index (χ1n) is 20.1. The van der Waals surface area contributed by atoms with Gasteiger partial charge in [-0.1, -0.05) is 152 Å². The van der Waals surface area contributed by atoms with E-state index in [0.29, 0.717) is 0 Å². The molecule has 0 aromatic rings. The van der Waals surface area contributed by atoms with E-state index in [4.69, 9.17) is 0 Å². The lowest BCUT2D eigenvalue weighted by Gasteiger charge is -2.29. The van der Waals surface area contributed by atoms with E-state index in [1.165, 1.54) is 174 Å². The molecule has 2 nitrogen and oxygen atoms in total. The lowest BCUT2D eigenvalue weighted by molar-refractivity contribution is 0.200. The van der Waals surface area contributed by atoms with Crippen molar-refractivity contribution in [1.82, 2.24) is 9.80 Å². The fraction of sp³-hybridized carbons (Fsp3) is 0.814. The van der Waals surface area contributed by atoms with Crippen LogP contribution in [0.5, 0.6) is 0 Å². The Morgan fingerprint density at radius 3 is 1.11 bits per heavy atom. The molecule has 0 unspecified atom stereocenters. The maximum atomic E-state index is 2.70. The average molecular weight is 627 g/mol. The van der Waals surface area contributed by atoms with Gasteiger partial charge in [-0.2, -0.15) is 0 Å². The van der Waals surface area contributed by atoms with E-state index in [9.17, 15) is 0 Å². The second-order valence-corrected chi connectivity index (χ2v) is 14.0. The SMILES string of the molecule is CCCCCC=CCC=CCCCCCCCCC(CCCCCCCCC=CCC=CCCCCC)N(C)CCCN(C)C. The van der Waals surface area contributed by atoms with Crippen LogP contribution in [0.25, 0.3) is 0 Å². The van der Waals surface area contributed by atoms with Crippen LogP contribution in [0.2, 0.25) is 0 Å². The molecular formula is C43H82N2. The highest BCUT2D eigenvalue weighted by molar-refractivity contribution is 4.93. The van der Waals surface area contributed by atoms with Crippen molar-refractivity contribution in [3.8, 4) is 0 Å². The molecule has 0 bridgehead atoms. The third-order valence-electron chi connectivity index (χ3n) is 9.22. The molecule has 0 spiro atoms. The van der Waals surface area contributed by atoms with Crippen molar-refractivity contribution in [1.29, 1.82) is 0 Å². The van der Waals surface area contributed by atoms with Crippen LogP contribution in [0.15, 0.2) is 48.6 Å². The Kier molecular flexibility index (Phi) is 36.4. The summed E-state index contributed by atoms with van der Waals surface area (Å²) >= 11 is 0. The number of rotatable bonds is 35. The summed E-state index contributed by atoms with van der Waals surface area (Å²) in [7, 11) is 6.79. The average Bonchev–Trinajstić information content (AvgIpc) is 3.03. The maximum absolute atomic E-state index is 2.70. The molecule has 0 aliphatic heterocycles. The molecule has 0 aliphatic rings. The summed E-state index contributed by atoms with van der Waals surface area (Å²) in [4.78, 5) is 5.02. The van der Waals surface area contributed by atoms with Crippen LogP contribution >= 0.6 is 0 Å². The Bertz CT molecular complexity index is 625. The van der Waals surface area contributed by atoms with Gasteiger partial charge in [0.2, 0.25) is 0 Å². The normalized spacial score (nSPS) is 13.3. The molecule has 264 valence electrons. The molecule has 0 aromatic heterocycles. The van der Waals surface area contributed by atoms with Gasteiger partial charge >= 0.3 is 0 Å². The second kappa shape index (κ2) is 37.3. The lowest BCUT2D eigenvalue weighted by Crippen LogP contribution is -2.34. The van der Waals surface area contributed by atoms with Crippen LogP contribution in [0, 0.1) is 0 Å². The summed E-state index contributed by atoms with van der Waals surface area (Å²) in [6.07, 6.45) is 55.2. The molecule has 0 N–H and O–H groups in total. The first-order chi connectivity index (χ1) is 22.1. The van der Waals surface area contributed by atoms with Crippen molar-refractivity contribution in [3.05, 3.63) is 48.6 Å². The summed E-state index contributed by atoms with van der Waals surface area (Å²) in [5, 5.41) is 0. The highest BCUT2D eigenvalue weighted by Gasteiger charge is 2.14. The Hall–Kier alpha value is -1.12. The van der Waals surface area contributed by atoms with Crippen LogP contribution in [-0.2, 0) is 0 Å². The van der Waals surface area contributed by atoms with Gasteiger partial charge in [0.15, 0.2) is 0 Å². The van der Waals surface area contributed by atoms with Gasteiger partial charge in [0, 0.05) is 6.04 Å². The number of unbranched alkanes of at least 4 members (excludes halogenated alkanes) is 18. The largest absolute Gasteiger partial charge is 0.309 e.